The molecule has 10 heteroatoms. The van der Waals surface area contributed by atoms with E-state index in [2.05, 4.69) is 10.2 Å². The molecule has 0 saturated carbocycles. The van der Waals surface area contributed by atoms with E-state index in [1.54, 1.807) is 13.8 Å². The molecule has 18 heavy (non-hydrogen) atoms. The zero-order valence-electron chi connectivity index (χ0n) is 9.77. The Morgan fingerprint density at radius 2 is 1.89 bits per heavy atom. The summed E-state index contributed by atoms with van der Waals surface area (Å²) in [5.74, 6) is -0.0497. The molecule has 0 aromatic carbocycles. The lowest BCUT2D eigenvalue weighted by molar-refractivity contribution is -0.134. The molecule has 0 amide bonds. The highest BCUT2D eigenvalue weighted by Crippen LogP contribution is 2.23. The van der Waals surface area contributed by atoms with E-state index in [1.165, 1.54) is 0 Å². The second-order valence-corrected chi connectivity index (χ2v) is 5.48. The Balaban J connectivity index is 3.11. The number of rotatable bonds is 4. The van der Waals surface area contributed by atoms with E-state index in [9.17, 15) is 21.6 Å². The van der Waals surface area contributed by atoms with Crippen LogP contribution in [0.3, 0.4) is 0 Å². The number of alkyl halides is 3. The van der Waals surface area contributed by atoms with Gasteiger partial charge in [-0.15, -0.1) is 10.2 Å². The van der Waals surface area contributed by atoms with Crippen LogP contribution in [0.1, 0.15) is 32.1 Å². The van der Waals surface area contributed by atoms with Crippen LogP contribution in [-0.2, 0) is 16.4 Å². The zero-order valence-corrected chi connectivity index (χ0v) is 10.6. The van der Waals surface area contributed by atoms with E-state index in [0.29, 0.717) is 0 Å². The van der Waals surface area contributed by atoms with Crippen molar-refractivity contribution in [3.05, 3.63) is 5.82 Å². The standard InChI is InChI=1S/C8H13F3N4O2S/c1-5(2)15-6(3-4-8(9,10)11)13-14-7(15)18(12,16)17/h5H,3-4H2,1-2H3,(H2,12,16,17). The number of aryl methyl sites for hydroxylation is 1. The van der Waals surface area contributed by atoms with E-state index in [1.807, 2.05) is 0 Å². The van der Waals surface area contributed by atoms with Crippen LogP contribution in [-0.4, -0.2) is 29.4 Å². The molecule has 0 fully saturated rings. The van der Waals surface area contributed by atoms with Crippen LogP contribution in [0.2, 0.25) is 0 Å². The Bertz CT molecular complexity index is 521. The zero-order chi connectivity index (χ0) is 14.1. The maximum absolute atomic E-state index is 12.1. The molecule has 0 aliphatic carbocycles. The summed E-state index contributed by atoms with van der Waals surface area (Å²) in [6.07, 6.45) is -5.87. The van der Waals surface area contributed by atoms with Gasteiger partial charge >= 0.3 is 6.18 Å². The normalized spacial score (nSPS) is 13.3. The molecule has 1 rings (SSSR count). The number of hydrogen-bond acceptors (Lipinski definition) is 4. The Labute approximate surface area is 102 Å². The molecular formula is C8H13F3N4O2S. The van der Waals surface area contributed by atoms with Crippen molar-refractivity contribution < 1.29 is 21.6 Å². The monoisotopic (exact) mass is 286 g/mol. The molecule has 2 N–H and O–H groups in total. The van der Waals surface area contributed by atoms with E-state index in [-0.39, 0.29) is 5.82 Å². The molecule has 1 heterocycles. The van der Waals surface area contributed by atoms with Crippen molar-refractivity contribution in [2.75, 3.05) is 0 Å². The van der Waals surface area contributed by atoms with Crippen molar-refractivity contribution in [3.8, 4) is 0 Å². The number of sulfonamides is 1. The molecule has 0 aliphatic heterocycles. The molecule has 6 nitrogen and oxygen atoms in total. The summed E-state index contributed by atoms with van der Waals surface area (Å²) in [6.45, 7) is 3.21. The summed E-state index contributed by atoms with van der Waals surface area (Å²) >= 11 is 0. The minimum absolute atomic E-state index is 0.0497. The summed E-state index contributed by atoms with van der Waals surface area (Å²) < 4.78 is 59.9. The van der Waals surface area contributed by atoms with Gasteiger partial charge in [0.2, 0.25) is 0 Å². The van der Waals surface area contributed by atoms with Crippen LogP contribution in [0.5, 0.6) is 0 Å². The molecule has 1 aromatic rings. The minimum atomic E-state index is -4.34. The van der Waals surface area contributed by atoms with Crippen LogP contribution in [0, 0.1) is 0 Å². The van der Waals surface area contributed by atoms with Gasteiger partial charge in [0.1, 0.15) is 5.82 Å². The van der Waals surface area contributed by atoms with E-state index < -0.39 is 40.2 Å². The molecule has 0 atom stereocenters. The molecule has 0 spiro atoms. The first kappa shape index (κ1) is 14.9. The van der Waals surface area contributed by atoms with Crippen molar-refractivity contribution in [2.24, 2.45) is 5.14 Å². The first-order chi connectivity index (χ1) is 8.02. The Kier molecular flexibility index (Phi) is 4.01. The lowest BCUT2D eigenvalue weighted by Crippen LogP contribution is -2.21. The third kappa shape index (κ3) is 3.67. The highest BCUT2D eigenvalue weighted by molar-refractivity contribution is 7.89. The SMILES string of the molecule is CC(C)n1c(CCC(F)(F)F)nnc1S(N)(=O)=O. The fraction of sp³-hybridized carbons (Fsp3) is 0.750. The molecule has 0 unspecified atom stereocenters. The average molecular weight is 286 g/mol. The summed E-state index contributed by atoms with van der Waals surface area (Å²) in [7, 11) is -4.10. The van der Waals surface area contributed by atoms with Crippen molar-refractivity contribution >= 4 is 10.0 Å². The molecular weight excluding hydrogens is 273 g/mol. The molecule has 1 aromatic heterocycles. The summed E-state index contributed by atoms with van der Waals surface area (Å²) in [4.78, 5) is 0. The van der Waals surface area contributed by atoms with Crippen LogP contribution in [0.25, 0.3) is 0 Å². The number of aromatic nitrogens is 3. The highest BCUT2D eigenvalue weighted by Gasteiger charge is 2.29. The first-order valence-electron chi connectivity index (χ1n) is 5.05. The molecule has 0 saturated heterocycles. The average Bonchev–Trinajstić information content (AvgIpc) is 2.55. The third-order valence-corrected chi connectivity index (χ3v) is 2.93. The number of hydrogen-bond donors (Lipinski definition) is 1. The lowest BCUT2D eigenvalue weighted by Gasteiger charge is -2.13. The van der Waals surface area contributed by atoms with E-state index in [0.717, 1.165) is 4.57 Å². The fourth-order valence-corrected chi connectivity index (χ4v) is 2.19. The number of nitrogens with two attached hydrogens (primary N) is 1. The van der Waals surface area contributed by atoms with Crippen molar-refractivity contribution in [1.29, 1.82) is 0 Å². The topological polar surface area (TPSA) is 90.9 Å². The highest BCUT2D eigenvalue weighted by atomic mass is 32.2. The Morgan fingerprint density at radius 3 is 2.28 bits per heavy atom. The second kappa shape index (κ2) is 4.84. The fourth-order valence-electron chi connectivity index (χ4n) is 1.44. The molecule has 0 aliphatic rings. The van der Waals surface area contributed by atoms with Gasteiger partial charge in [0, 0.05) is 12.5 Å². The van der Waals surface area contributed by atoms with Gasteiger partial charge in [-0.2, -0.15) is 13.2 Å². The summed E-state index contributed by atoms with van der Waals surface area (Å²) in [5.41, 5.74) is 0. The van der Waals surface area contributed by atoms with Gasteiger partial charge in [0.15, 0.2) is 0 Å². The predicted octanol–water partition coefficient (Wildman–Crippen LogP) is 1.00. The van der Waals surface area contributed by atoms with Gasteiger partial charge in [0.05, 0.1) is 6.42 Å². The molecule has 104 valence electrons. The number of halogens is 3. The van der Waals surface area contributed by atoms with Crippen LogP contribution in [0.4, 0.5) is 13.2 Å². The van der Waals surface area contributed by atoms with Crippen LogP contribution in [0.15, 0.2) is 5.16 Å². The Hall–Kier alpha value is -1.16. The lowest BCUT2D eigenvalue weighted by atomic mass is 10.2. The quantitative estimate of drug-likeness (QED) is 0.894. The Morgan fingerprint density at radius 1 is 1.33 bits per heavy atom. The van der Waals surface area contributed by atoms with Crippen molar-refractivity contribution in [3.63, 3.8) is 0 Å². The maximum Gasteiger partial charge on any atom is 0.389 e. The second-order valence-electron chi connectivity index (χ2n) is 4.02. The smallest absolute Gasteiger partial charge is 0.298 e. The first-order valence-corrected chi connectivity index (χ1v) is 6.60. The summed E-state index contributed by atoms with van der Waals surface area (Å²) in [5, 5.41) is 11.2. The van der Waals surface area contributed by atoms with Gasteiger partial charge in [-0.25, -0.2) is 13.6 Å². The third-order valence-electron chi connectivity index (χ3n) is 2.14. The van der Waals surface area contributed by atoms with Crippen LogP contribution >= 0.6 is 0 Å². The van der Waals surface area contributed by atoms with Gasteiger partial charge in [-0.1, -0.05) is 0 Å². The van der Waals surface area contributed by atoms with Gasteiger partial charge in [-0.05, 0) is 13.8 Å². The van der Waals surface area contributed by atoms with E-state index >= 15 is 0 Å². The molecule has 0 bridgehead atoms. The van der Waals surface area contributed by atoms with E-state index in [4.69, 9.17) is 5.14 Å². The summed E-state index contributed by atoms with van der Waals surface area (Å²) in [6, 6.07) is -0.406. The van der Waals surface area contributed by atoms with Gasteiger partial charge < -0.3 is 0 Å². The largest absolute Gasteiger partial charge is 0.389 e. The minimum Gasteiger partial charge on any atom is -0.298 e. The molecule has 0 radical (unpaired) electrons. The van der Waals surface area contributed by atoms with Gasteiger partial charge in [-0.3, -0.25) is 4.57 Å². The number of nitrogens with zero attached hydrogens (tertiary/aromatic N) is 3. The van der Waals surface area contributed by atoms with Crippen LogP contribution < -0.4 is 5.14 Å². The maximum atomic E-state index is 12.1. The number of primary sulfonamides is 1. The van der Waals surface area contributed by atoms with Crippen molar-refractivity contribution in [1.82, 2.24) is 14.8 Å². The van der Waals surface area contributed by atoms with Crippen molar-refractivity contribution in [2.45, 2.75) is 44.1 Å². The predicted molar refractivity (Wildman–Crippen MR) is 56.2 cm³/mol. The van der Waals surface area contributed by atoms with Gasteiger partial charge in [0.25, 0.3) is 15.2 Å².